The number of carbonyl (C=O) groups is 1. The van der Waals surface area contributed by atoms with Gasteiger partial charge in [0.25, 0.3) is 0 Å². The summed E-state index contributed by atoms with van der Waals surface area (Å²) in [6, 6.07) is 2.42. The van der Waals surface area contributed by atoms with Gasteiger partial charge in [0.1, 0.15) is 5.78 Å². The molecule has 2 heteroatoms. The first-order valence-electron chi connectivity index (χ1n) is 5.09. The van der Waals surface area contributed by atoms with Crippen LogP contribution in [0.4, 0.5) is 0 Å². The molecule has 0 aromatic heterocycles. The second-order valence-corrected chi connectivity index (χ2v) is 4.15. The van der Waals surface area contributed by atoms with Crippen LogP contribution < -0.4 is 0 Å². The summed E-state index contributed by atoms with van der Waals surface area (Å²) < 4.78 is 0. The quantitative estimate of drug-likeness (QED) is 0.668. The van der Waals surface area contributed by atoms with E-state index >= 15 is 0 Å². The molecule has 1 aliphatic rings. The molecular formula is C11H17NO. The van der Waals surface area contributed by atoms with Gasteiger partial charge in [0.15, 0.2) is 0 Å². The third kappa shape index (κ3) is 2.84. The molecular weight excluding hydrogens is 162 g/mol. The lowest BCUT2D eigenvalue weighted by Gasteiger charge is -2.30. The SMILES string of the molecule is CC(=O)CCC1(C#N)CCCCC1. The van der Waals surface area contributed by atoms with E-state index in [-0.39, 0.29) is 11.2 Å². The van der Waals surface area contributed by atoms with Crippen molar-refractivity contribution in [1.29, 1.82) is 5.26 Å². The highest BCUT2D eigenvalue weighted by Gasteiger charge is 2.31. The first-order chi connectivity index (χ1) is 6.18. The molecule has 0 aromatic rings. The van der Waals surface area contributed by atoms with Gasteiger partial charge in [0.2, 0.25) is 0 Å². The number of hydrogen-bond acceptors (Lipinski definition) is 2. The Balaban J connectivity index is 2.49. The van der Waals surface area contributed by atoms with Gasteiger partial charge in [-0.15, -0.1) is 0 Å². The van der Waals surface area contributed by atoms with Gasteiger partial charge >= 0.3 is 0 Å². The van der Waals surface area contributed by atoms with Gasteiger partial charge in [0, 0.05) is 6.42 Å². The normalized spacial score (nSPS) is 20.6. The van der Waals surface area contributed by atoms with Crippen LogP contribution in [0.25, 0.3) is 0 Å². The fraction of sp³-hybridized carbons (Fsp3) is 0.818. The van der Waals surface area contributed by atoms with Gasteiger partial charge in [-0.25, -0.2) is 0 Å². The van der Waals surface area contributed by atoms with Gasteiger partial charge in [-0.2, -0.15) is 5.26 Å². The highest BCUT2D eigenvalue weighted by Crippen LogP contribution is 2.39. The number of nitrogens with zero attached hydrogens (tertiary/aromatic N) is 1. The molecule has 0 unspecified atom stereocenters. The van der Waals surface area contributed by atoms with Gasteiger partial charge in [0.05, 0.1) is 11.5 Å². The highest BCUT2D eigenvalue weighted by molar-refractivity contribution is 5.75. The summed E-state index contributed by atoms with van der Waals surface area (Å²) in [5.41, 5.74) is -0.163. The minimum Gasteiger partial charge on any atom is -0.300 e. The van der Waals surface area contributed by atoms with E-state index in [0.717, 1.165) is 32.1 Å². The molecule has 0 atom stereocenters. The van der Waals surface area contributed by atoms with Crippen molar-refractivity contribution in [1.82, 2.24) is 0 Å². The minimum atomic E-state index is -0.163. The topological polar surface area (TPSA) is 40.9 Å². The van der Waals surface area contributed by atoms with E-state index in [0.29, 0.717) is 6.42 Å². The molecule has 0 radical (unpaired) electrons. The van der Waals surface area contributed by atoms with Crippen LogP contribution in [0.2, 0.25) is 0 Å². The zero-order valence-electron chi connectivity index (χ0n) is 8.31. The molecule has 72 valence electrons. The molecule has 1 rings (SSSR count). The Bertz CT molecular complexity index is 221. The van der Waals surface area contributed by atoms with E-state index < -0.39 is 0 Å². The van der Waals surface area contributed by atoms with Crippen molar-refractivity contribution >= 4 is 5.78 Å². The maximum Gasteiger partial charge on any atom is 0.129 e. The second kappa shape index (κ2) is 4.41. The van der Waals surface area contributed by atoms with E-state index in [1.807, 2.05) is 0 Å². The van der Waals surface area contributed by atoms with Crippen molar-refractivity contribution in [2.75, 3.05) is 0 Å². The molecule has 0 saturated heterocycles. The molecule has 1 saturated carbocycles. The fourth-order valence-corrected chi connectivity index (χ4v) is 2.06. The molecule has 1 fully saturated rings. The van der Waals surface area contributed by atoms with Crippen molar-refractivity contribution in [3.05, 3.63) is 0 Å². The summed E-state index contributed by atoms with van der Waals surface area (Å²) in [4.78, 5) is 10.8. The lowest BCUT2D eigenvalue weighted by Crippen LogP contribution is -2.22. The van der Waals surface area contributed by atoms with Crippen LogP contribution in [0.5, 0.6) is 0 Å². The minimum absolute atomic E-state index is 0.163. The maximum atomic E-state index is 10.8. The monoisotopic (exact) mass is 179 g/mol. The van der Waals surface area contributed by atoms with Crippen LogP contribution in [0, 0.1) is 16.7 Å². The van der Waals surface area contributed by atoms with Crippen LogP contribution in [0.1, 0.15) is 51.9 Å². The zero-order chi connectivity index (χ0) is 9.73. The maximum absolute atomic E-state index is 10.8. The molecule has 1 aliphatic carbocycles. The summed E-state index contributed by atoms with van der Waals surface area (Å²) >= 11 is 0. The largest absolute Gasteiger partial charge is 0.300 e. The van der Waals surface area contributed by atoms with Crippen LogP contribution in [-0.2, 0) is 4.79 Å². The molecule has 0 amide bonds. The Morgan fingerprint density at radius 1 is 1.38 bits per heavy atom. The van der Waals surface area contributed by atoms with Gasteiger partial charge in [-0.1, -0.05) is 19.3 Å². The van der Waals surface area contributed by atoms with E-state index in [1.165, 1.54) is 6.42 Å². The number of nitriles is 1. The molecule has 0 spiro atoms. The Kier molecular flexibility index (Phi) is 3.48. The molecule has 2 nitrogen and oxygen atoms in total. The fourth-order valence-electron chi connectivity index (χ4n) is 2.06. The van der Waals surface area contributed by atoms with E-state index in [4.69, 9.17) is 5.26 Å². The first-order valence-corrected chi connectivity index (χ1v) is 5.09. The van der Waals surface area contributed by atoms with Crippen LogP contribution in [0.3, 0.4) is 0 Å². The standard InChI is InChI=1S/C11H17NO/c1-10(13)5-8-11(9-12)6-3-2-4-7-11/h2-8H2,1H3. The summed E-state index contributed by atoms with van der Waals surface area (Å²) in [7, 11) is 0. The van der Waals surface area contributed by atoms with Gasteiger partial charge < -0.3 is 4.79 Å². The van der Waals surface area contributed by atoms with Gasteiger partial charge in [-0.3, -0.25) is 0 Å². The lowest BCUT2D eigenvalue weighted by molar-refractivity contribution is -0.117. The summed E-state index contributed by atoms with van der Waals surface area (Å²) in [6.07, 6.45) is 6.92. The lowest BCUT2D eigenvalue weighted by atomic mass is 9.72. The van der Waals surface area contributed by atoms with E-state index in [1.54, 1.807) is 6.92 Å². The average molecular weight is 179 g/mol. The zero-order valence-corrected chi connectivity index (χ0v) is 8.31. The predicted octanol–water partition coefficient (Wildman–Crippen LogP) is 2.83. The van der Waals surface area contributed by atoms with Crippen molar-refractivity contribution in [3.63, 3.8) is 0 Å². The molecule has 0 aromatic carbocycles. The Morgan fingerprint density at radius 2 is 2.00 bits per heavy atom. The number of ketones is 1. The van der Waals surface area contributed by atoms with Crippen LogP contribution >= 0.6 is 0 Å². The number of rotatable bonds is 3. The van der Waals surface area contributed by atoms with E-state index in [2.05, 4.69) is 6.07 Å². The van der Waals surface area contributed by atoms with Crippen molar-refractivity contribution in [2.24, 2.45) is 5.41 Å². The number of carbonyl (C=O) groups excluding carboxylic acids is 1. The van der Waals surface area contributed by atoms with Crippen LogP contribution in [-0.4, -0.2) is 5.78 Å². The van der Waals surface area contributed by atoms with Crippen molar-refractivity contribution < 1.29 is 4.79 Å². The first kappa shape index (κ1) is 10.2. The smallest absolute Gasteiger partial charge is 0.129 e. The number of Topliss-reactive ketones (excluding diaryl/α,β-unsaturated/α-hetero) is 1. The average Bonchev–Trinajstić information content (AvgIpc) is 2.16. The molecule has 0 N–H and O–H groups in total. The molecule has 0 aliphatic heterocycles. The molecule has 13 heavy (non-hydrogen) atoms. The Labute approximate surface area is 79.9 Å². The second-order valence-electron chi connectivity index (χ2n) is 4.15. The van der Waals surface area contributed by atoms with Crippen molar-refractivity contribution in [2.45, 2.75) is 51.9 Å². The highest BCUT2D eigenvalue weighted by atomic mass is 16.1. The van der Waals surface area contributed by atoms with Gasteiger partial charge in [-0.05, 0) is 26.2 Å². The van der Waals surface area contributed by atoms with E-state index in [9.17, 15) is 4.79 Å². The molecule has 0 heterocycles. The number of hydrogen-bond donors (Lipinski definition) is 0. The third-order valence-electron chi connectivity index (χ3n) is 3.00. The summed E-state index contributed by atoms with van der Waals surface area (Å²) in [6.45, 7) is 1.61. The van der Waals surface area contributed by atoms with Crippen LogP contribution in [0.15, 0.2) is 0 Å². The summed E-state index contributed by atoms with van der Waals surface area (Å²) in [5, 5.41) is 9.09. The predicted molar refractivity (Wildman–Crippen MR) is 51.0 cm³/mol. The third-order valence-corrected chi connectivity index (χ3v) is 3.00. The Hall–Kier alpha value is -0.840. The summed E-state index contributed by atoms with van der Waals surface area (Å²) in [5.74, 6) is 0.209. The Morgan fingerprint density at radius 3 is 2.46 bits per heavy atom. The van der Waals surface area contributed by atoms with Crippen molar-refractivity contribution in [3.8, 4) is 6.07 Å². The molecule has 0 bridgehead atoms.